The van der Waals surface area contributed by atoms with Crippen molar-refractivity contribution < 1.29 is 4.74 Å². The SMILES string of the molecule is CNc1c(C#N)ccc2cn(Cc3c(OC)cc(C)c4[nH]ccc34)nc12. The fraction of sp³-hybridized carbons (Fsp3) is 0.200. The van der Waals surface area contributed by atoms with E-state index in [1.165, 1.54) is 0 Å². The zero-order valence-electron chi connectivity index (χ0n) is 14.9. The number of aryl methyl sites for hydroxylation is 1. The number of hydrogen-bond donors (Lipinski definition) is 2. The molecule has 6 heteroatoms. The van der Waals surface area contributed by atoms with E-state index in [-0.39, 0.29) is 0 Å². The van der Waals surface area contributed by atoms with E-state index >= 15 is 0 Å². The van der Waals surface area contributed by atoms with Crippen LogP contribution < -0.4 is 10.1 Å². The molecule has 0 atom stereocenters. The van der Waals surface area contributed by atoms with Gasteiger partial charge in [0.15, 0.2) is 0 Å². The zero-order valence-corrected chi connectivity index (χ0v) is 14.9. The van der Waals surface area contributed by atoms with E-state index in [0.717, 1.165) is 44.4 Å². The topological polar surface area (TPSA) is 78.7 Å². The van der Waals surface area contributed by atoms with Crippen LogP contribution in [0.4, 0.5) is 5.69 Å². The maximum atomic E-state index is 9.30. The van der Waals surface area contributed by atoms with Crippen LogP contribution in [-0.2, 0) is 6.54 Å². The molecule has 0 spiro atoms. The fourth-order valence-corrected chi connectivity index (χ4v) is 3.51. The maximum absolute atomic E-state index is 9.30. The summed E-state index contributed by atoms with van der Waals surface area (Å²) in [6.07, 6.45) is 3.94. The summed E-state index contributed by atoms with van der Waals surface area (Å²) in [6.45, 7) is 2.65. The highest BCUT2D eigenvalue weighted by Gasteiger charge is 2.15. The molecule has 2 aromatic carbocycles. The number of nitriles is 1. The minimum absolute atomic E-state index is 0.581. The van der Waals surface area contributed by atoms with Crippen molar-refractivity contribution in [1.82, 2.24) is 14.8 Å². The number of aromatic amines is 1. The third kappa shape index (κ3) is 2.37. The number of hydrogen-bond acceptors (Lipinski definition) is 4. The lowest BCUT2D eigenvalue weighted by molar-refractivity contribution is 0.408. The van der Waals surface area contributed by atoms with Gasteiger partial charge in [-0.05, 0) is 36.8 Å². The smallest absolute Gasteiger partial charge is 0.124 e. The van der Waals surface area contributed by atoms with E-state index in [9.17, 15) is 5.26 Å². The summed E-state index contributed by atoms with van der Waals surface area (Å²) in [5, 5.41) is 19.2. The molecule has 0 radical (unpaired) electrons. The molecule has 0 fully saturated rings. The van der Waals surface area contributed by atoms with E-state index in [0.29, 0.717) is 12.1 Å². The number of rotatable bonds is 4. The number of ether oxygens (including phenoxy) is 1. The van der Waals surface area contributed by atoms with Gasteiger partial charge in [-0.15, -0.1) is 0 Å². The molecule has 0 saturated carbocycles. The van der Waals surface area contributed by atoms with Crippen LogP contribution in [0.1, 0.15) is 16.7 Å². The Morgan fingerprint density at radius 1 is 1.35 bits per heavy atom. The van der Waals surface area contributed by atoms with Crippen molar-refractivity contribution in [2.45, 2.75) is 13.5 Å². The molecule has 0 unspecified atom stereocenters. The quantitative estimate of drug-likeness (QED) is 0.590. The largest absolute Gasteiger partial charge is 0.496 e. The Morgan fingerprint density at radius 3 is 2.92 bits per heavy atom. The second-order valence-electron chi connectivity index (χ2n) is 6.26. The standard InChI is InChI=1S/C20H19N5O/c1-12-8-17(26-3)16(15-6-7-23-18(12)15)11-25-10-14-5-4-13(9-21)19(22-2)20(14)24-25/h4-8,10,22-23H,11H2,1-3H3. The first kappa shape index (κ1) is 16.0. The lowest BCUT2D eigenvalue weighted by Gasteiger charge is -2.12. The van der Waals surface area contributed by atoms with E-state index in [1.807, 2.05) is 35.3 Å². The number of nitrogens with one attached hydrogen (secondary N) is 2. The summed E-state index contributed by atoms with van der Waals surface area (Å²) in [6, 6.07) is 10.1. The van der Waals surface area contributed by atoms with Crippen LogP contribution in [0, 0.1) is 18.3 Å². The molecular weight excluding hydrogens is 326 g/mol. The molecule has 0 aliphatic rings. The highest BCUT2D eigenvalue weighted by atomic mass is 16.5. The molecule has 0 saturated heterocycles. The molecule has 130 valence electrons. The number of anilines is 1. The van der Waals surface area contributed by atoms with Crippen molar-refractivity contribution >= 4 is 27.5 Å². The average molecular weight is 345 g/mol. The van der Waals surface area contributed by atoms with Gasteiger partial charge in [0, 0.05) is 41.3 Å². The van der Waals surface area contributed by atoms with E-state index < -0.39 is 0 Å². The van der Waals surface area contributed by atoms with Crippen LogP contribution in [-0.4, -0.2) is 28.9 Å². The third-order valence-corrected chi connectivity index (χ3v) is 4.75. The second kappa shape index (κ2) is 6.12. The normalized spacial score (nSPS) is 11.0. The Balaban J connectivity index is 1.86. The van der Waals surface area contributed by atoms with Crippen LogP contribution in [0.15, 0.2) is 36.7 Å². The number of benzene rings is 2. The van der Waals surface area contributed by atoms with Crippen molar-refractivity contribution in [2.24, 2.45) is 0 Å². The van der Waals surface area contributed by atoms with Gasteiger partial charge >= 0.3 is 0 Å². The van der Waals surface area contributed by atoms with Gasteiger partial charge in [0.05, 0.1) is 24.9 Å². The number of fused-ring (bicyclic) bond motifs is 2. The van der Waals surface area contributed by atoms with E-state index in [4.69, 9.17) is 9.84 Å². The summed E-state index contributed by atoms with van der Waals surface area (Å²) < 4.78 is 7.52. The van der Waals surface area contributed by atoms with Crippen LogP contribution in [0.3, 0.4) is 0 Å². The minimum Gasteiger partial charge on any atom is -0.496 e. The summed E-state index contributed by atoms with van der Waals surface area (Å²) >= 11 is 0. The number of nitrogens with zero attached hydrogens (tertiary/aromatic N) is 3. The molecule has 4 aromatic rings. The molecule has 0 bridgehead atoms. The lowest BCUT2D eigenvalue weighted by atomic mass is 10.0. The van der Waals surface area contributed by atoms with Crippen molar-refractivity contribution in [3.05, 3.63) is 53.3 Å². The first-order valence-corrected chi connectivity index (χ1v) is 8.37. The van der Waals surface area contributed by atoms with Crippen LogP contribution in [0.5, 0.6) is 5.75 Å². The summed E-state index contributed by atoms with van der Waals surface area (Å²) in [5.41, 5.74) is 5.47. The van der Waals surface area contributed by atoms with Gasteiger partial charge < -0.3 is 15.0 Å². The van der Waals surface area contributed by atoms with Crippen LogP contribution in [0.2, 0.25) is 0 Å². The fourth-order valence-electron chi connectivity index (χ4n) is 3.51. The van der Waals surface area contributed by atoms with Crippen molar-refractivity contribution in [3.8, 4) is 11.8 Å². The molecule has 0 amide bonds. The molecule has 2 heterocycles. The molecule has 4 rings (SSSR count). The first-order chi connectivity index (χ1) is 12.7. The summed E-state index contributed by atoms with van der Waals surface area (Å²) in [5.74, 6) is 0.848. The highest BCUT2D eigenvalue weighted by molar-refractivity contribution is 5.93. The number of H-pyrrole nitrogens is 1. The van der Waals surface area contributed by atoms with Crippen LogP contribution in [0.25, 0.3) is 21.8 Å². The summed E-state index contributed by atoms with van der Waals surface area (Å²) in [7, 11) is 3.50. The average Bonchev–Trinajstić information content (AvgIpc) is 3.29. The van der Waals surface area contributed by atoms with Crippen molar-refractivity contribution in [1.29, 1.82) is 5.26 Å². The zero-order chi connectivity index (χ0) is 18.3. The molecular formula is C20H19N5O. The predicted molar refractivity (Wildman–Crippen MR) is 103 cm³/mol. The predicted octanol–water partition coefficient (Wildman–Crippen LogP) is 3.80. The first-order valence-electron chi connectivity index (χ1n) is 8.37. The molecule has 2 N–H and O–H groups in total. The van der Waals surface area contributed by atoms with E-state index in [1.54, 1.807) is 14.2 Å². The maximum Gasteiger partial charge on any atom is 0.124 e. The molecule has 0 aliphatic carbocycles. The number of aromatic nitrogens is 3. The van der Waals surface area contributed by atoms with Gasteiger partial charge in [0.1, 0.15) is 17.3 Å². The van der Waals surface area contributed by atoms with Gasteiger partial charge in [0.25, 0.3) is 0 Å². The molecule has 6 nitrogen and oxygen atoms in total. The monoisotopic (exact) mass is 345 g/mol. The third-order valence-electron chi connectivity index (χ3n) is 4.75. The highest BCUT2D eigenvalue weighted by Crippen LogP contribution is 2.32. The van der Waals surface area contributed by atoms with Gasteiger partial charge in [-0.2, -0.15) is 10.4 Å². The molecule has 26 heavy (non-hydrogen) atoms. The van der Waals surface area contributed by atoms with Gasteiger partial charge in [-0.25, -0.2) is 0 Å². The van der Waals surface area contributed by atoms with Gasteiger partial charge in [-0.3, -0.25) is 4.68 Å². The minimum atomic E-state index is 0.581. The Kier molecular flexibility index (Phi) is 3.77. The van der Waals surface area contributed by atoms with Gasteiger partial charge in [0.2, 0.25) is 0 Å². The Morgan fingerprint density at radius 2 is 2.19 bits per heavy atom. The lowest BCUT2D eigenvalue weighted by Crippen LogP contribution is -2.04. The Bertz CT molecular complexity index is 1160. The summed E-state index contributed by atoms with van der Waals surface area (Å²) in [4.78, 5) is 3.29. The van der Waals surface area contributed by atoms with Crippen LogP contribution >= 0.6 is 0 Å². The van der Waals surface area contributed by atoms with Gasteiger partial charge in [-0.1, -0.05) is 0 Å². The Labute approximate surface area is 151 Å². The second-order valence-corrected chi connectivity index (χ2v) is 6.26. The number of methoxy groups -OCH3 is 1. The Hall–Kier alpha value is -3.46. The van der Waals surface area contributed by atoms with Crippen molar-refractivity contribution in [3.63, 3.8) is 0 Å². The molecule has 2 aromatic heterocycles. The molecule has 0 aliphatic heterocycles. The van der Waals surface area contributed by atoms with E-state index in [2.05, 4.69) is 29.4 Å². The van der Waals surface area contributed by atoms with Crippen molar-refractivity contribution in [2.75, 3.05) is 19.5 Å².